The lowest BCUT2D eigenvalue weighted by atomic mass is 9.83. The van der Waals surface area contributed by atoms with Crippen LogP contribution in [-0.4, -0.2) is 24.3 Å². The summed E-state index contributed by atoms with van der Waals surface area (Å²) in [5.41, 5.74) is 0.310. The summed E-state index contributed by atoms with van der Waals surface area (Å²) in [5.74, 6) is 1.73. The summed E-state index contributed by atoms with van der Waals surface area (Å²) in [4.78, 5) is 0. The van der Waals surface area contributed by atoms with Crippen LogP contribution in [0.15, 0.2) is 0 Å². The number of nitrogens with one attached hydrogen (secondary N) is 1. The van der Waals surface area contributed by atoms with Gasteiger partial charge in [0.05, 0.1) is 11.7 Å². The number of hydrogen-bond acceptors (Lipinski definition) is 2. The zero-order valence-electron chi connectivity index (χ0n) is 14.2. The maximum absolute atomic E-state index is 6.60. The Hall–Kier alpha value is -0.0800. The highest BCUT2D eigenvalue weighted by molar-refractivity contribution is 4.94. The molecule has 2 nitrogen and oxygen atoms in total. The third kappa shape index (κ3) is 3.64. The molecule has 1 heterocycles. The van der Waals surface area contributed by atoms with E-state index >= 15 is 0 Å². The molecule has 4 unspecified atom stereocenters. The van der Waals surface area contributed by atoms with E-state index in [1.165, 1.54) is 77.2 Å². The molecule has 3 fully saturated rings. The van der Waals surface area contributed by atoms with Crippen molar-refractivity contribution < 1.29 is 4.74 Å². The monoisotopic (exact) mass is 293 g/mol. The molecule has 0 amide bonds. The van der Waals surface area contributed by atoms with Crippen molar-refractivity contribution in [3.8, 4) is 0 Å². The SMILES string of the molecule is CCCNC1CCC(CC2CCC3(CCCCC3)O2)C1C. The van der Waals surface area contributed by atoms with Gasteiger partial charge in [-0.1, -0.05) is 33.1 Å². The van der Waals surface area contributed by atoms with Crippen molar-refractivity contribution in [2.45, 2.75) is 102 Å². The Balaban J connectivity index is 1.47. The standard InChI is InChI=1S/C19H35NO/c1-3-13-20-18-8-7-16(15(18)2)14-17-9-12-19(21-17)10-5-4-6-11-19/h15-18,20H,3-14H2,1-2H3. The highest BCUT2D eigenvalue weighted by Crippen LogP contribution is 2.45. The number of rotatable bonds is 5. The Labute approximate surface area is 131 Å². The Morgan fingerprint density at radius 2 is 1.86 bits per heavy atom. The maximum Gasteiger partial charge on any atom is 0.0687 e. The molecule has 2 aliphatic carbocycles. The fraction of sp³-hybridized carbons (Fsp3) is 1.00. The van der Waals surface area contributed by atoms with Gasteiger partial charge in [0.25, 0.3) is 0 Å². The van der Waals surface area contributed by atoms with Crippen LogP contribution < -0.4 is 5.32 Å². The van der Waals surface area contributed by atoms with Crippen LogP contribution in [0.4, 0.5) is 0 Å². The van der Waals surface area contributed by atoms with Crippen molar-refractivity contribution in [1.82, 2.24) is 5.32 Å². The first-order valence-corrected chi connectivity index (χ1v) is 9.64. The van der Waals surface area contributed by atoms with Crippen molar-refractivity contribution in [1.29, 1.82) is 0 Å². The molecule has 0 radical (unpaired) electrons. The molecule has 0 aromatic carbocycles. The molecule has 2 saturated carbocycles. The average Bonchev–Trinajstić information content (AvgIpc) is 3.04. The van der Waals surface area contributed by atoms with Gasteiger partial charge >= 0.3 is 0 Å². The summed E-state index contributed by atoms with van der Waals surface area (Å²) in [6.07, 6.45) is 15.5. The van der Waals surface area contributed by atoms with Gasteiger partial charge in [-0.15, -0.1) is 0 Å². The third-order valence-electron chi connectivity index (χ3n) is 6.55. The smallest absolute Gasteiger partial charge is 0.0687 e. The van der Waals surface area contributed by atoms with Crippen molar-refractivity contribution >= 4 is 0 Å². The second-order valence-corrected chi connectivity index (χ2v) is 8.02. The molecule has 3 aliphatic rings. The summed E-state index contributed by atoms with van der Waals surface area (Å²) < 4.78 is 6.60. The molecule has 1 aliphatic heterocycles. The molecular weight excluding hydrogens is 258 g/mol. The minimum absolute atomic E-state index is 0.310. The van der Waals surface area contributed by atoms with Crippen LogP contribution in [0.1, 0.15) is 84.5 Å². The molecule has 21 heavy (non-hydrogen) atoms. The molecule has 2 heteroatoms. The van der Waals surface area contributed by atoms with E-state index in [2.05, 4.69) is 19.2 Å². The normalized spacial score (nSPS) is 39.1. The molecule has 4 atom stereocenters. The zero-order valence-corrected chi connectivity index (χ0v) is 14.2. The van der Waals surface area contributed by atoms with Crippen LogP contribution >= 0.6 is 0 Å². The van der Waals surface area contributed by atoms with Gasteiger partial charge in [-0.2, -0.15) is 0 Å². The van der Waals surface area contributed by atoms with E-state index in [4.69, 9.17) is 4.74 Å². The van der Waals surface area contributed by atoms with Crippen molar-refractivity contribution in [2.75, 3.05) is 6.54 Å². The van der Waals surface area contributed by atoms with Crippen molar-refractivity contribution in [2.24, 2.45) is 11.8 Å². The van der Waals surface area contributed by atoms with Crippen LogP contribution in [0, 0.1) is 11.8 Å². The molecular formula is C19H35NO. The lowest BCUT2D eigenvalue weighted by Crippen LogP contribution is -2.34. The second-order valence-electron chi connectivity index (χ2n) is 8.02. The Morgan fingerprint density at radius 1 is 1.05 bits per heavy atom. The molecule has 122 valence electrons. The van der Waals surface area contributed by atoms with Crippen molar-refractivity contribution in [3.63, 3.8) is 0 Å². The van der Waals surface area contributed by atoms with Gasteiger partial charge in [-0.25, -0.2) is 0 Å². The van der Waals surface area contributed by atoms with Crippen LogP contribution in [0.5, 0.6) is 0 Å². The minimum atomic E-state index is 0.310. The van der Waals surface area contributed by atoms with Crippen molar-refractivity contribution in [3.05, 3.63) is 0 Å². The van der Waals surface area contributed by atoms with E-state index < -0.39 is 0 Å². The molecule has 0 aromatic heterocycles. The zero-order chi connectivity index (χ0) is 14.7. The lowest BCUT2D eigenvalue weighted by Gasteiger charge is -2.34. The fourth-order valence-electron chi connectivity index (χ4n) is 5.16. The Bertz CT molecular complexity index is 324. The van der Waals surface area contributed by atoms with Gasteiger partial charge in [-0.05, 0) is 69.7 Å². The first kappa shape index (κ1) is 15.8. The molecule has 0 aromatic rings. The quantitative estimate of drug-likeness (QED) is 0.795. The van der Waals surface area contributed by atoms with Crippen LogP contribution in [0.3, 0.4) is 0 Å². The largest absolute Gasteiger partial charge is 0.372 e. The summed E-state index contributed by atoms with van der Waals surface area (Å²) in [6, 6.07) is 0.764. The van der Waals surface area contributed by atoms with E-state index in [9.17, 15) is 0 Å². The average molecular weight is 293 g/mol. The van der Waals surface area contributed by atoms with Gasteiger partial charge in [0.2, 0.25) is 0 Å². The first-order valence-electron chi connectivity index (χ1n) is 9.64. The van der Waals surface area contributed by atoms with Gasteiger partial charge in [0.1, 0.15) is 0 Å². The van der Waals surface area contributed by atoms with E-state index in [1.807, 2.05) is 0 Å². The maximum atomic E-state index is 6.60. The topological polar surface area (TPSA) is 21.3 Å². The van der Waals surface area contributed by atoms with E-state index in [0.717, 1.165) is 17.9 Å². The summed E-state index contributed by atoms with van der Waals surface area (Å²) in [6.45, 7) is 5.92. The molecule has 3 rings (SSSR count). The molecule has 1 N–H and O–H groups in total. The minimum Gasteiger partial charge on any atom is -0.372 e. The fourth-order valence-corrected chi connectivity index (χ4v) is 5.16. The van der Waals surface area contributed by atoms with Gasteiger partial charge in [-0.3, -0.25) is 0 Å². The third-order valence-corrected chi connectivity index (χ3v) is 6.55. The van der Waals surface area contributed by atoms with Gasteiger partial charge in [0.15, 0.2) is 0 Å². The van der Waals surface area contributed by atoms with Crippen LogP contribution in [0.25, 0.3) is 0 Å². The summed E-state index contributed by atoms with van der Waals surface area (Å²) in [7, 11) is 0. The van der Waals surface area contributed by atoms with E-state index in [1.54, 1.807) is 0 Å². The Morgan fingerprint density at radius 3 is 2.62 bits per heavy atom. The van der Waals surface area contributed by atoms with Crippen LogP contribution in [-0.2, 0) is 4.74 Å². The predicted molar refractivity (Wildman–Crippen MR) is 88.5 cm³/mol. The lowest BCUT2D eigenvalue weighted by molar-refractivity contribution is -0.0710. The first-order chi connectivity index (χ1) is 10.2. The molecule has 1 spiro atoms. The number of ether oxygens (including phenoxy) is 1. The van der Waals surface area contributed by atoms with Gasteiger partial charge < -0.3 is 10.1 Å². The second kappa shape index (κ2) is 7.00. The highest BCUT2D eigenvalue weighted by atomic mass is 16.5. The van der Waals surface area contributed by atoms with E-state index in [0.29, 0.717) is 11.7 Å². The van der Waals surface area contributed by atoms with E-state index in [-0.39, 0.29) is 0 Å². The Kier molecular flexibility index (Phi) is 5.27. The molecule has 0 bridgehead atoms. The van der Waals surface area contributed by atoms with Crippen LogP contribution in [0.2, 0.25) is 0 Å². The highest BCUT2D eigenvalue weighted by Gasteiger charge is 2.42. The predicted octanol–water partition coefficient (Wildman–Crippen LogP) is 4.67. The molecule has 1 saturated heterocycles. The summed E-state index contributed by atoms with van der Waals surface area (Å²) >= 11 is 0. The van der Waals surface area contributed by atoms with Gasteiger partial charge in [0, 0.05) is 6.04 Å². The number of hydrogen-bond donors (Lipinski definition) is 1. The summed E-state index contributed by atoms with van der Waals surface area (Å²) in [5, 5.41) is 3.75.